The highest BCUT2D eigenvalue weighted by Crippen LogP contribution is 2.25. The van der Waals surface area contributed by atoms with Gasteiger partial charge in [0, 0.05) is 17.1 Å². The molecular formula is C14H11ClN2O. The molecule has 4 heteroatoms. The summed E-state index contributed by atoms with van der Waals surface area (Å²) < 4.78 is 5.73. The molecule has 0 aliphatic rings. The second kappa shape index (κ2) is 4.44. The Labute approximate surface area is 109 Å². The zero-order chi connectivity index (χ0) is 12.5. The van der Waals surface area contributed by atoms with Crippen LogP contribution in [0.15, 0.2) is 46.9 Å². The average molecular weight is 259 g/mol. The lowest BCUT2D eigenvalue weighted by Crippen LogP contribution is -1.94. The van der Waals surface area contributed by atoms with Crippen LogP contribution in [0.25, 0.3) is 22.6 Å². The predicted octanol–water partition coefficient (Wildman–Crippen LogP) is 3.61. The van der Waals surface area contributed by atoms with Gasteiger partial charge in [0.1, 0.15) is 5.52 Å². The van der Waals surface area contributed by atoms with Gasteiger partial charge in [-0.05, 0) is 42.0 Å². The second-order valence-corrected chi connectivity index (χ2v) is 4.47. The van der Waals surface area contributed by atoms with Crippen LogP contribution in [-0.4, -0.2) is 4.98 Å². The van der Waals surface area contributed by atoms with Crippen molar-refractivity contribution in [2.75, 3.05) is 0 Å². The van der Waals surface area contributed by atoms with Crippen molar-refractivity contribution in [3.8, 4) is 11.5 Å². The molecule has 2 N–H and O–H groups in total. The van der Waals surface area contributed by atoms with Crippen LogP contribution in [0, 0.1) is 0 Å². The normalized spacial score (nSPS) is 11.0. The highest BCUT2D eigenvalue weighted by Gasteiger charge is 2.08. The fourth-order valence-electron chi connectivity index (χ4n) is 1.81. The Morgan fingerprint density at radius 3 is 2.61 bits per heavy atom. The largest absolute Gasteiger partial charge is 0.436 e. The maximum absolute atomic E-state index is 5.85. The summed E-state index contributed by atoms with van der Waals surface area (Å²) in [5.74, 6) is 0.593. The Morgan fingerprint density at radius 1 is 1.11 bits per heavy atom. The summed E-state index contributed by atoms with van der Waals surface area (Å²) in [7, 11) is 0. The first kappa shape index (κ1) is 11.3. The van der Waals surface area contributed by atoms with Crippen LogP contribution in [0.5, 0.6) is 0 Å². The number of oxazole rings is 1. The minimum atomic E-state index is 0.493. The van der Waals surface area contributed by atoms with Crippen LogP contribution < -0.4 is 5.73 Å². The van der Waals surface area contributed by atoms with Crippen molar-refractivity contribution in [2.45, 2.75) is 6.54 Å². The lowest BCUT2D eigenvalue weighted by molar-refractivity contribution is 0.619. The van der Waals surface area contributed by atoms with Crippen molar-refractivity contribution in [3.05, 3.63) is 53.1 Å². The first-order valence-corrected chi connectivity index (χ1v) is 5.99. The highest BCUT2D eigenvalue weighted by molar-refractivity contribution is 6.30. The summed E-state index contributed by atoms with van der Waals surface area (Å²) in [5, 5.41) is 0.695. The van der Waals surface area contributed by atoms with Crippen LogP contribution >= 0.6 is 11.6 Å². The van der Waals surface area contributed by atoms with E-state index in [1.165, 1.54) is 0 Å². The molecule has 0 fully saturated rings. The topological polar surface area (TPSA) is 52.0 Å². The van der Waals surface area contributed by atoms with Crippen molar-refractivity contribution in [3.63, 3.8) is 0 Å². The minimum absolute atomic E-state index is 0.493. The maximum Gasteiger partial charge on any atom is 0.227 e. The molecule has 0 aliphatic heterocycles. The number of fused-ring (bicyclic) bond motifs is 1. The van der Waals surface area contributed by atoms with Crippen molar-refractivity contribution in [1.82, 2.24) is 4.98 Å². The summed E-state index contributed by atoms with van der Waals surface area (Å²) >= 11 is 5.85. The number of nitrogens with two attached hydrogens (primary N) is 1. The number of benzene rings is 2. The van der Waals surface area contributed by atoms with Crippen LogP contribution in [0.2, 0.25) is 5.02 Å². The van der Waals surface area contributed by atoms with Crippen molar-refractivity contribution < 1.29 is 4.42 Å². The molecule has 1 heterocycles. The first-order chi connectivity index (χ1) is 8.76. The molecule has 0 unspecified atom stereocenters. The number of nitrogens with zero attached hydrogens (tertiary/aromatic N) is 1. The second-order valence-electron chi connectivity index (χ2n) is 4.03. The monoisotopic (exact) mass is 258 g/mol. The van der Waals surface area contributed by atoms with E-state index in [-0.39, 0.29) is 0 Å². The van der Waals surface area contributed by atoms with Gasteiger partial charge >= 0.3 is 0 Å². The molecule has 0 radical (unpaired) electrons. The summed E-state index contributed by atoms with van der Waals surface area (Å²) in [4.78, 5) is 4.44. The molecule has 0 saturated heterocycles. The Bertz CT molecular complexity index is 689. The molecule has 0 spiro atoms. The van der Waals surface area contributed by atoms with E-state index >= 15 is 0 Å². The van der Waals surface area contributed by atoms with Crippen LogP contribution in [0.4, 0.5) is 0 Å². The summed E-state index contributed by atoms with van der Waals surface area (Å²) in [5.41, 5.74) is 9.12. The van der Waals surface area contributed by atoms with Crippen molar-refractivity contribution in [2.24, 2.45) is 5.73 Å². The molecule has 3 aromatic rings. The van der Waals surface area contributed by atoms with Gasteiger partial charge in [-0.2, -0.15) is 0 Å². The first-order valence-electron chi connectivity index (χ1n) is 5.62. The van der Waals surface area contributed by atoms with Gasteiger partial charge in [-0.3, -0.25) is 0 Å². The molecule has 18 heavy (non-hydrogen) atoms. The van der Waals surface area contributed by atoms with E-state index in [0.717, 1.165) is 22.2 Å². The summed E-state index contributed by atoms with van der Waals surface area (Å²) in [6, 6.07) is 13.2. The number of halogens is 1. The van der Waals surface area contributed by atoms with Gasteiger partial charge in [-0.25, -0.2) is 4.98 Å². The SMILES string of the molecule is NCc1ccc2nc(-c3ccc(Cl)cc3)oc2c1. The van der Waals surface area contributed by atoms with Gasteiger partial charge in [-0.1, -0.05) is 17.7 Å². The quantitative estimate of drug-likeness (QED) is 0.764. The molecule has 0 atom stereocenters. The molecule has 0 bridgehead atoms. The predicted molar refractivity (Wildman–Crippen MR) is 72.3 cm³/mol. The molecule has 0 saturated carbocycles. The molecule has 2 aromatic carbocycles. The fraction of sp³-hybridized carbons (Fsp3) is 0.0714. The van der Waals surface area contributed by atoms with E-state index in [2.05, 4.69) is 4.98 Å². The van der Waals surface area contributed by atoms with Gasteiger partial charge in [0.15, 0.2) is 5.58 Å². The molecule has 3 nitrogen and oxygen atoms in total. The standard InChI is InChI=1S/C14H11ClN2O/c15-11-4-2-10(3-5-11)14-17-12-6-1-9(8-16)7-13(12)18-14/h1-7H,8,16H2. The average Bonchev–Trinajstić information content (AvgIpc) is 2.82. The molecule has 90 valence electrons. The van der Waals surface area contributed by atoms with Crippen LogP contribution in [0.1, 0.15) is 5.56 Å². The highest BCUT2D eigenvalue weighted by atomic mass is 35.5. The lowest BCUT2D eigenvalue weighted by Gasteiger charge is -1.94. The number of aromatic nitrogens is 1. The molecular weight excluding hydrogens is 248 g/mol. The third-order valence-electron chi connectivity index (χ3n) is 2.78. The van der Waals surface area contributed by atoms with Crippen LogP contribution in [0.3, 0.4) is 0 Å². The van der Waals surface area contributed by atoms with E-state index in [1.807, 2.05) is 42.5 Å². The fourth-order valence-corrected chi connectivity index (χ4v) is 1.94. The summed E-state index contributed by atoms with van der Waals surface area (Å²) in [6.45, 7) is 0.493. The van der Waals surface area contributed by atoms with E-state index in [0.29, 0.717) is 17.5 Å². The molecule has 0 aliphatic carbocycles. The lowest BCUT2D eigenvalue weighted by atomic mass is 10.2. The zero-order valence-electron chi connectivity index (χ0n) is 9.56. The van der Waals surface area contributed by atoms with Crippen molar-refractivity contribution in [1.29, 1.82) is 0 Å². The third kappa shape index (κ3) is 1.98. The van der Waals surface area contributed by atoms with Crippen molar-refractivity contribution >= 4 is 22.7 Å². The number of hydrogen-bond donors (Lipinski definition) is 1. The Morgan fingerprint density at radius 2 is 1.89 bits per heavy atom. The van der Waals surface area contributed by atoms with Crippen LogP contribution in [-0.2, 0) is 6.54 Å². The third-order valence-corrected chi connectivity index (χ3v) is 3.03. The molecule has 0 amide bonds. The van der Waals surface area contributed by atoms with Gasteiger partial charge in [0.05, 0.1) is 0 Å². The smallest absolute Gasteiger partial charge is 0.227 e. The van der Waals surface area contributed by atoms with Gasteiger partial charge in [0.2, 0.25) is 5.89 Å². The Hall–Kier alpha value is -1.84. The van der Waals surface area contributed by atoms with Gasteiger partial charge in [0.25, 0.3) is 0 Å². The maximum atomic E-state index is 5.85. The zero-order valence-corrected chi connectivity index (χ0v) is 10.3. The number of rotatable bonds is 2. The van der Waals surface area contributed by atoms with Gasteiger partial charge < -0.3 is 10.2 Å². The number of hydrogen-bond acceptors (Lipinski definition) is 3. The van der Waals surface area contributed by atoms with E-state index in [1.54, 1.807) is 0 Å². The Kier molecular flexibility index (Phi) is 2.78. The summed E-state index contributed by atoms with van der Waals surface area (Å²) in [6.07, 6.45) is 0. The minimum Gasteiger partial charge on any atom is -0.436 e. The van der Waals surface area contributed by atoms with E-state index in [4.69, 9.17) is 21.8 Å². The van der Waals surface area contributed by atoms with E-state index in [9.17, 15) is 0 Å². The molecule has 3 rings (SSSR count). The van der Waals surface area contributed by atoms with E-state index < -0.39 is 0 Å². The Balaban J connectivity index is 2.10. The molecule has 1 aromatic heterocycles. The van der Waals surface area contributed by atoms with Gasteiger partial charge in [-0.15, -0.1) is 0 Å².